The van der Waals surface area contributed by atoms with Gasteiger partial charge >= 0.3 is 5.97 Å². The summed E-state index contributed by atoms with van der Waals surface area (Å²) in [6.07, 6.45) is 7.00. The Morgan fingerprint density at radius 2 is 1.82 bits per heavy atom. The van der Waals surface area contributed by atoms with Gasteiger partial charge in [-0.2, -0.15) is 0 Å². The zero-order valence-electron chi connectivity index (χ0n) is 19.4. The van der Waals surface area contributed by atoms with Crippen molar-refractivity contribution >= 4 is 17.3 Å². The number of benzene rings is 1. The summed E-state index contributed by atoms with van der Waals surface area (Å²) in [6.45, 7) is 4.93. The van der Waals surface area contributed by atoms with E-state index in [-0.39, 0.29) is 12.0 Å². The predicted molar refractivity (Wildman–Crippen MR) is 129 cm³/mol. The van der Waals surface area contributed by atoms with Crippen molar-refractivity contribution < 1.29 is 23.9 Å². The first-order valence-electron chi connectivity index (χ1n) is 12.6. The first-order valence-corrected chi connectivity index (χ1v) is 13.5. The molecule has 3 saturated heterocycles. The third-order valence-corrected chi connectivity index (χ3v) is 9.24. The number of rotatable bonds is 9. The van der Waals surface area contributed by atoms with Crippen molar-refractivity contribution in [2.24, 2.45) is 11.8 Å². The minimum atomic E-state index is -1.49. The Kier molecular flexibility index (Phi) is 6.77. The van der Waals surface area contributed by atoms with E-state index in [0.29, 0.717) is 12.5 Å². The highest BCUT2D eigenvalue weighted by Crippen LogP contribution is 2.44. The van der Waals surface area contributed by atoms with Crippen LogP contribution >= 0.6 is 11.3 Å². The molecule has 1 N–H and O–H groups in total. The lowest BCUT2D eigenvalue weighted by molar-refractivity contribution is -0.946. The predicted octanol–water partition coefficient (Wildman–Crippen LogP) is 4.75. The minimum absolute atomic E-state index is 0.0389. The highest BCUT2D eigenvalue weighted by Gasteiger charge is 2.53. The lowest BCUT2D eigenvalue weighted by Gasteiger charge is -2.52. The van der Waals surface area contributed by atoms with E-state index in [1.165, 1.54) is 11.3 Å². The molecule has 6 rings (SSSR count). The van der Waals surface area contributed by atoms with Crippen LogP contribution in [0.15, 0.2) is 47.8 Å². The molecule has 178 valence electrons. The second-order valence-electron chi connectivity index (χ2n) is 10.2. The fourth-order valence-electron chi connectivity index (χ4n) is 6.31. The van der Waals surface area contributed by atoms with Crippen molar-refractivity contribution in [2.45, 2.75) is 56.7 Å². The Labute approximate surface area is 200 Å². The SMILES string of the molecule is O=C(O[C@@H]1C[N+]2(CCCOc3ccccc3)CCC1CC2)[C@@](O)(c1cccs1)C1CCCC1. The number of piperidine rings is 3. The van der Waals surface area contributed by atoms with Gasteiger partial charge < -0.3 is 19.1 Å². The maximum atomic E-state index is 13.5. The van der Waals surface area contributed by atoms with Crippen LogP contribution in [0, 0.1) is 11.8 Å². The van der Waals surface area contributed by atoms with E-state index in [1.54, 1.807) is 0 Å². The van der Waals surface area contributed by atoms with Crippen LogP contribution in [0.25, 0.3) is 0 Å². The van der Waals surface area contributed by atoms with Gasteiger partial charge in [0.15, 0.2) is 11.7 Å². The molecule has 0 amide bonds. The molecular weight excluding hydrogens is 434 g/mol. The van der Waals surface area contributed by atoms with Crippen LogP contribution in [0.1, 0.15) is 49.8 Å². The first-order chi connectivity index (χ1) is 16.1. The molecule has 4 aliphatic rings. The molecule has 1 aromatic heterocycles. The Morgan fingerprint density at radius 3 is 2.52 bits per heavy atom. The quantitative estimate of drug-likeness (QED) is 0.327. The highest BCUT2D eigenvalue weighted by molar-refractivity contribution is 7.10. The lowest BCUT2D eigenvalue weighted by atomic mass is 9.82. The van der Waals surface area contributed by atoms with Gasteiger partial charge in [-0.05, 0) is 36.4 Å². The summed E-state index contributed by atoms with van der Waals surface area (Å²) in [5.41, 5.74) is -1.49. The summed E-state index contributed by atoms with van der Waals surface area (Å²) in [7, 11) is 0. The van der Waals surface area contributed by atoms with E-state index in [9.17, 15) is 9.90 Å². The standard InChI is InChI=1S/C27H36NO4S/c29-26(27(30,22-8-4-5-9-22)25-12-6-19-33-25)32-24-20-28(16-13-21(24)14-17-28)15-7-18-31-23-10-2-1-3-11-23/h1-3,6,10-12,19,21-22,24,30H,4-5,7-9,13-18,20H2/q+1/t21?,24-,27+,28?/m1/s1. The molecule has 0 spiro atoms. The molecule has 2 aromatic rings. The number of esters is 1. The van der Waals surface area contributed by atoms with E-state index in [4.69, 9.17) is 9.47 Å². The molecule has 4 heterocycles. The van der Waals surface area contributed by atoms with E-state index in [0.717, 1.165) is 86.2 Å². The first kappa shape index (κ1) is 22.9. The Morgan fingerprint density at radius 1 is 1.06 bits per heavy atom. The number of hydrogen-bond donors (Lipinski definition) is 1. The number of para-hydroxylation sites is 1. The van der Waals surface area contributed by atoms with Gasteiger partial charge in [-0.25, -0.2) is 4.79 Å². The van der Waals surface area contributed by atoms with Crippen LogP contribution in [-0.2, 0) is 15.1 Å². The third-order valence-electron chi connectivity index (χ3n) is 8.24. The van der Waals surface area contributed by atoms with Crippen LogP contribution in [0.2, 0.25) is 0 Å². The highest BCUT2D eigenvalue weighted by atomic mass is 32.1. The number of fused-ring (bicyclic) bond motifs is 3. The van der Waals surface area contributed by atoms with E-state index < -0.39 is 11.6 Å². The van der Waals surface area contributed by atoms with Gasteiger partial charge in [0.2, 0.25) is 0 Å². The van der Waals surface area contributed by atoms with Gasteiger partial charge in [-0.15, -0.1) is 11.3 Å². The molecule has 4 fully saturated rings. The number of thiophene rings is 1. The molecule has 6 heteroatoms. The third kappa shape index (κ3) is 4.71. The summed E-state index contributed by atoms with van der Waals surface area (Å²) in [5, 5.41) is 13.6. The summed E-state index contributed by atoms with van der Waals surface area (Å²) < 4.78 is 13.1. The molecule has 2 atom stereocenters. The summed E-state index contributed by atoms with van der Waals surface area (Å²) >= 11 is 1.46. The molecule has 33 heavy (non-hydrogen) atoms. The van der Waals surface area contributed by atoms with E-state index in [2.05, 4.69) is 0 Å². The Balaban J connectivity index is 1.22. The van der Waals surface area contributed by atoms with Crippen molar-refractivity contribution in [2.75, 3.05) is 32.8 Å². The average Bonchev–Trinajstić information content (AvgIpc) is 3.58. The Bertz CT molecular complexity index is 903. The number of nitrogens with zero attached hydrogens (tertiary/aromatic N) is 1. The van der Waals surface area contributed by atoms with Crippen LogP contribution < -0.4 is 4.74 Å². The van der Waals surface area contributed by atoms with E-state index in [1.807, 2.05) is 47.8 Å². The summed E-state index contributed by atoms with van der Waals surface area (Å²) in [5.74, 6) is 0.885. The number of carbonyl (C=O) groups excluding carboxylic acids is 1. The van der Waals surface area contributed by atoms with Crippen LogP contribution in [-0.4, -0.2) is 54.4 Å². The minimum Gasteiger partial charge on any atom is -0.493 e. The number of aliphatic hydroxyl groups is 1. The van der Waals surface area contributed by atoms with Crippen LogP contribution in [0.3, 0.4) is 0 Å². The fourth-order valence-corrected chi connectivity index (χ4v) is 7.20. The molecule has 1 saturated carbocycles. The van der Waals surface area contributed by atoms with Crippen molar-refractivity contribution in [1.29, 1.82) is 0 Å². The molecule has 0 unspecified atom stereocenters. The average molecular weight is 471 g/mol. The number of hydrogen-bond acceptors (Lipinski definition) is 5. The van der Waals surface area contributed by atoms with Gasteiger partial charge in [0.05, 0.1) is 26.2 Å². The molecular formula is C27H36NO4S+. The maximum absolute atomic E-state index is 13.5. The smallest absolute Gasteiger partial charge is 0.344 e. The van der Waals surface area contributed by atoms with Crippen molar-refractivity contribution in [3.63, 3.8) is 0 Å². The van der Waals surface area contributed by atoms with Crippen molar-refractivity contribution in [3.05, 3.63) is 52.7 Å². The zero-order chi connectivity index (χ0) is 22.7. The molecule has 5 nitrogen and oxygen atoms in total. The lowest BCUT2D eigenvalue weighted by Crippen LogP contribution is -2.65. The van der Waals surface area contributed by atoms with Gasteiger partial charge in [0.25, 0.3) is 0 Å². The number of ether oxygens (including phenoxy) is 2. The number of carbonyl (C=O) groups is 1. The zero-order valence-corrected chi connectivity index (χ0v) is 20.2. The summed E-state index contributed by atoms with van der Waals surface area (Å²) in [6, 6.07) is 13.8. The van der Waals surface area contributed by atoms with Crippen LogP contribution in [0.5, 0.6) is 5.75 Å². The number of quaternary nitrogens is 1. The fraction of sp³-hybridized carbons (Fsp3) is 0.593. The van der Waals surface area contributed by atoms with Crippen LogP contribution in [0.4, 0.5) is 0 Å². The van der Waals surface area contributed by atoms with Gasteiger partial charge in [-0.1, -0.05) is 37.1 Å². The second-order valence-corrected chi connectivity index (χ2v) is 11.2. The monoisotopic (exact) mass is 470 g/mol. The van der Waals surface area contributed by atoms with Gasteiger partial charge in [0, 0.05) is 36.0 Å². The summed E-state index contributed by atoms with van der Waals surface area (Å²) in [4.78, 5) is 14.3. The van der Waals surface area contributed by atoms with Crippen molar-refractivity contribution in [1.82, 2.24) is 0 Å². The molecule has 1 aromatic carbocycles. The normalized spacial score (nSPS) is 29.0. The maximum Gasteiger partial charge on any atom is 0.344 e. The molecule has 3 aliphatic heterocycles. The second kappa shape index (κ2) is 9.77. The topological polar surface area (TPSA) is 55.8 Å². The molecule has 0 radical (unpaired) electrons. The molecule has 1 aliphatic carbocycles. The molecule has 2 bridgehead atoms. The Hall–Kier alpha value is -1.89. The van der Waals surface area contributed by atoms with Crippen molar-refractivity contribution in [3.8, 4) is 5.75 Å². The van der Waals surface area contributed by atoms with E-state index >= 15 is 0 Å². The van der Waals surface area contributed by atoms with Gasteiger partial charge in [0.1, 0.15) is 12.3 Å². The van der Waals surface area contributed by atoms with Gasteiger partial charge in [-0.3, -0.25) is 0 Å². The largest absolute Gasteiger partial charge is 0.493 e.